The van der Waals surface area contributed by atoms with Gasteiger partial charge in [0.15, 0.2) is 0 Å². The fraction of sp³-hybridized carbons (Fsp3) is 0.0769. The van der Waals surface area contributed by atoms with Crippen LogP contribution < -0.4 is 10.4 Å². The zero-order chi connectivity index (χ0) is 13.2. The maximum absolute atomic E-state index is 11.4. The van der Waals surface area contributed by atoms with Gasteiger partial charge in [0.05, 0.1) is 12.6 Å². The summed E-state index contributed by atoms with van der Waals surface area (Å²) in [6.45, 7) is 0. The van der Waals surface area contributed by atoms with Gasteiger partial charge >= 0.3 is 11.7 Å². The van der Waals surface area contributed by atoms with Gasteiger partial charge in [0.2, 0.25) is 0 Å². The molecule has 2 heterocycles. The van der Waals surface area contributed by atoms with Crippen molar-refractivity contribution in [3.63, 3.8) is 0 Å². The molecule has 6 heteroatoms. The SMILES string of the molecule is COc1nc(-c2ccc3ncccc3c2)[nH]c(=O)n1. The first kappa shape index (κ1) is 11.3. The first-order valence-electron chi connectivity index (χ1n) is 5.64. The summed E-state index contributed by atoms with van der Waals surface area (Å²) in [7, 11) is 1.42. The summed E-state index contributed by atoms with van der Waals surface area (Å²) in [6.07, 6.45) is 1.73. The van der Waals surface area contributed by atoms with E-state index in [2.05, 4.69) is 19.9 Å². The maximum atomic E-state index is 11.4. The smallest absolute Gasteiger partial charge is 0.351 e. The summed E-state index contributed by atoms with van der Waals surface area (Å²) in [5.41, 5.74) is 1.17. The van der Waals surface area contributed by atoms with Crippen molar-refractivity contribution in [2.45, 2.75) is 0 Å². The Labute approximate surface area is 108 Å². The lowest BCUT2D eigenvalue weighted by Crippen LogP contribution is -2.14. The van der Waals surface area contributed by atoms with E-state index in [4.69, 9.17) is 4.74 Å². The predicted molar refractivity (Wildman–Crippen MR) is 69.9 cm³/mol. The number of rotatable bonds is 2. The van der Waals surface area contributed by atoms with Crippen LogP contribution in [0.4, 0.5) is 0 Å². The van der Waals surface area contributed by atoms with Crippen LogP contribution in [0.2, 0.25) is 0 Å². The Morgan fingerprint density at radius 2 is 2.11 bits per heavy atom. The molecule has 19 heavy (non-hydrogen) atoms. The summed E-state index contributed by atoms with van der Waals surface area (Å²) in [4.78, 5) is 25.9. The Bertz CT molecular complexity index is 798. The van der Waals surface area contributed by atoms with Crippen LogP contribution >= 0.6 is 0 Å². The van der Waals surface area contributed by atoms with Gasteiger partial charge < -0.3 is 4.74 Å². The van der Waals surface area contributed by atoms with E-state index in [1.807, 2.05) is 30.3 Å². The second-order valence-electron chi connectivity index (χ2n) is 3.90. The molecule has 0 aliphatic heterocycles. The molecule has 0 fully saturated rings. The number of methoxy groups -OCH3 is 1. The van der Waals surface area contributed by atoms with Crippen LogP contribution in [-0.2, 0) is 0 Å². The van der Waals surface area contributed by atoms with Crippen molar-refractivity contribution in [1.82, 2.24) is 19.9 Å². The van der Waals surface area contributed by atoms with Crippen LogP contribution in [0.15, 0.2) is 41.3 Å². The third kappa shape index (κ3) is 2.15. The third-order valence-electron chi connectivity index (χ3n) is 2.69. The summed E-state index contributed by atoms with van der Waals surface area (Å²) in [6, 6.07) is 9.47. The molecule has 0 radical (unpaired) electrons. The quantitative estimate of drug-likeness (QED) is 0.747. The second kappa shape index (κ2) is 4.49. The van der Waals surface area contributed by atoms with Crippen molar-refractivity contribution in [3.05, 3.63) is 47.0 Å². The molecule has 3 rings (SSSR count). The van der Waals surface area contributed by atoms with Crippen molar-refractivity contribution in [2.75, 3.05) is 7.11 Å². The molecule has 0 saturated carbocycles. The molecule has 0 aliphatic rings. The van der Waals surface area contributed by atoms with Gasteiger partial charge in [-0.3, -0.25) is 9.97 Å². The Morgan fingerprint density at radius 3 is 2.95 bits per heavy atom. The number of aromatic nitrogens is 4. The van der Waals surface area contributed by atoms with Gasteiger partial charge in [-0.15, -0.1) is 4.98 Å². The average Bonchev–Trinajstić information content (AvgIpc) is 2.46. The predicted octanol–water partition coefficient (Wildman–Crippen LogP) is 1.39. The van der Waals surface area contributed by atoms with Gasteiger partial charge in [0.1, 0.15) is 5.82 Å². The highest BCUT2D eigenvalue weighted by Gasteiger charge is 2.06. The van der Waals surface area contributed by atoms with E-state index in [0.717, 1.165) is 16.5 Å². The molecule has 0 bridgehead atoms. The van der Waals surface area contributed by atoms with E-state index in [9.17, 15) is 4.79 Å². The van der Waals surface area contributed by atoms with Gasteiger partial charge in [-0.25, -0.2) is 4.79 Å². The molecular formula is C13H10N4O2. The zero-order valence-corrected chi connectivity index (χ0v) is 10.1. The lowest BCUT2D eigenvalue weighted by molar-refractivity contribution is 0.377. The molecule has 94 valence electrons. The molecule has 0 amide bonds. The van der Waals surface area contributed by atoms with Gasteiger partial charge in [-0.1, -0.05) is 6.07 Å². The van der Waals surface area contributed by atoms with Crippen molar-refractivity contribution in [3.8, 4) is 17.4 Å². The summed E-state index contributed by atoms with van der Waals surface area (Å²) in [5, 5.41) is 0.971. The number of nitrogens with zero attached hydrogens (tertiary/aromatic N) is 3. The lowest BCUT2D eigenvalue weighted by atomic mass is 10.1. The highest BCUT2D eigenvalue weighted by atomic mass is 16.5. The molecule has 1 N–H and O–H groups in total. The molecule has 0 aliphatic carbocycles. The van der Waals surface area contributed by atoms with Crippen molar-refractivity contribution in [1.29, 1.82) is 0 Å². The number of fused-ring (bicyclic) bond motifs is 1. The van der Waals surface area contributed by atoms with Crippen molar-refractivity contribution in [2.24, 2.45) is 0 Å². The van der Waals surface area contributed by atoms with Crippen LogP contribution in [0, 0.1) is 0 Å². The van der Waals surface area contributed by atoms with Gasteiger partial charge in [0, 0.05) is 17.1 Å². The Hall–Kier alpha value is -2.76. The van der Waals surface area contributed by atoms with Gasteiger partial charge in [-0.2, -0.15) is 4.98 Å². The van der Waals surface area contributed by atoms with Crippen molar-refractivity contribution < 1.29 is 4.74 Å². The number of hydrogen-bond acceptors (Lipinski definition) is 5. The zero-order valence-electron chi connectivity index (χ0n) is 10.1. The number of pyridine rings is 1. The monoisotopic (exact) mass is 254 g/mol. The normalized spacial score (nSPS) is 10.6. The van der Waals surface area contributed by atoms with Crippen LogP contribution in [0.1, 0.15) is 0 Å². The number of hydrogen-bond donors (Lipinski definition) is 1. The fourth-order valence-corrected chi connectivity index (χ4v) is 1.82. The van der Waals surface area contributed by atoms with Crippen LogP contribution in [0.25, 0.3) is 22.3 Å². The number of aromatic amines is 1. The highest BCUT2D eigenvalue weighted by molar-refractivity contribution is 5.82. The molecular weight excluding hydrogens is 244 g/mol. The summed E-state index contributed by atoms with van der Waals surface area (Å²) in [5.74, 6) is 0.419. The first-order chi connectivity index (χ1) is 9.26. The van der Waals surface area contributed by atoms with Gasteiger partial charge in [0.25, 0.3) is 0 Å². The molecule has 2 aromatic heterocycles. The second-order valence-corrected chi connectivity index (χ2v) is 3.90. The number of ether oxygens (including phenoxy) is 1. The average molecular weight is 254 g/mol. The van der Waals surface area contributed by atoms with E-state index >= 15 is 0 Å². The van der Waals surface area contributed by atoms with Gasteiger partial charge in [-0.05, 0) is 24.3 Å². The molecule has 1 aromatic carbocycles. The number of H-pyrrole nitrogens is 1. The van der Waals surface area contributed by atoms with E-state index < -0.39 is 5.69 Å². The summed E-state index contributed by atoms with van der Waals surface area (Å²) < 4.78 is 4.89. The number of nitrogens with one attached hydrogen (secondary N) is 1. The van der Waals surface area contributed by atoms with E-state index in [1.165, 1.54) is 7.11 Å². The van der Waals surface area contributed by atoms with E-state index in [1.54, 1.807) is 6.20 Å². The van der Waals surface area contributed by atoms with Crippen LogP contribution in [-0.4, -0.2) is 27.0 Å². The third-order valence-corrected chi connectivity index (χ3v) is 2.69. The minimum Gasteiger partial charge on any atom is -0.467 e. The topological polar surface area (TPSA) is 80.8 Å². The highest BCUT2D eigenvalue weighted by Crippen LogP contribution is 2.20. The number of benzene rings is 1. The standard InChI is InChI=1S/C13H10N4O2/c1-19-13-16-11(15-12(18)17-13)9-4-5-10-8(7-9)3-2-6-14-10/h2-7H,1H3,(H,15,16,17,18). The fourth-order valence-electron chi connectivity index (χ4n) is 1.82. The molecule has 0 spiro atoms. The van der Waals surface area contributed by atoms with Crippen molar-refractivity contribution >= 4 is 10.9 Å². The summed E-state index contributed by atoms with van der Waals surface area (Å²) >= 11 is 0. The van der Waals surface area contributed by atoms with E-state index in [0.29, 0.717) is 5.82 Å². The molecule has 3 aromatic rings. The van der Waals surface area contributed by atoms with Crippen LogP contribution in [0.3, 0.4) is 0 Å². The van der Waals surface area contributed by atoms with Crippen LogP contribution in [0.5, 0.6) is 6.01 Å². The Balaban J connectivity index is 2.18. The first-order valence-corrected chi connectivity index (χ1v) is 5.64. The molecule has 0 atom stereocenters. The minimum absolute atomic E-state index is 0.0463. The Kier molecular flexibility index (Phi) is 2.68. The maximum Gasteiger partial charge on any atom is 0.351 e. The lowest BCUT2D eigenvalue weighted by Gasteiger charge is -2.03. The minimum atomic E-state index is -0.492. The molecule has 0 unspecified atom stereocenters. The molecule has 0 saturated heterocycles. The molecule has 6 nitrogen and oxygen atoms in total. The van der Waals surface area contributed by atoms with E-state index in [-0.39, 0.29) is 6.01 Å². The Morgan fingerprint density at radius 1 is 1.21 bits per heavy atom. The largest absolute Gasteiger partial charge is 0.467 e.